The van der Waals surface area contributed by atoms with Crippen LogP contribution in [0.5, 0.6) is 0 Å². The van der Waals surface area contributed by atoms with Gasteiger partial charge in [0.25, 0.3) is 5.91 Å². The lowest BCUT2D eigenvalue weighted by atomic mass is 10.0. The number of halogens is 3. The molecule has 1 amide bonds. The lowest BCUT2D eigenvalue weighted by Gasteiger charge is -2.10. The predicted molar refractivity (Wildman–Crippen MR) is 105 cm³/mol. The van der Waals surface area contributed by atoms with Crippen molar-refractivity contribution in [3.63, 3.8) is 0 Å². The van der Waals surface area contributed by atoms with Gasteiger partial charge in [-0.3, -0.25) is 4.79 Å². The minimum Gasteiger partial charge on any atom is -0.361 e. The Morgan fingerprint density at radius 1 is 1.13 bits per heavy atom. The molecular weight excluding hydrogens is 397 g/mol. The number of benzene rings is 1. The van der Waals surface area contributed by atoms with Gasteiger partial charge in [0, 0.05) is 40.5 Å². The second kappa shape index (κ2) is 7.08. The SMILES string of the molecule is Cc1cc([C@@H](C)NC(=O)c2[nH]cc(-c3c[nH]c4cc(C(F)(F)F)ccc34)c2C)no1. The number of carbonyl (C=O) groups is 1. The van der Waals surface area contributed by atoms with Gasteiger partial charge in [0.2, 0.25) is 0 Å². The fourth-order valence-corrected chi connectivity index (χ4v) is 3.47. The highest BCUT2D eigenvalue weighted by Gasteiger charge is 2.31. The van der Waals surface area contributed by atoms with Crippen molar-refractivity contribution in [1.82, 2.24) is 20.4 Å². The van der Waals surface area contributed by atoms with E-state index in [1.807, 2.05) is 0 Å². The monoisotopic (exact) mass is 416 g/mol. The fourth-order valence-electron chi connectivity index (χ4n) is 3.47. The molecule has 0 saturated carbocycles. The molecule has 0 aliphatic carbocycles. The molecule has 30 heavy (non-hydrogen) atoms. The molecule has 156 valence electrons. The van der Waals surface area contributed by atoms with Crippen LogP contribution >= 0.6 is 0 Å². The van der Waals surface area contributed by atoms with Crippen molar-refractivity contribution < 1.29 is 22.5 Å². The van der Waals surface area contributed by atoms with Crippen LogP contribution in [0, 0.1) is 13.8 Å². The van der Waals surface area contributed by atoms with Crippen molar-refractivity contribution in [2.24, 2.45) is 0 Å². The molecule has 3 heterocycles. The standard InChI is InChI=1S/C21H19F3N4O2/c1-10-6-17(28-30-10)12(3)27-20(29)19-11(2)15(8-26-19)16-9-25-18-7-13(21(22,23)24)4-5-14(16)18/h4-9,12,25-26H,1-3H3,(H,27,29)/t12-/m1/s1. The molecule has 4 rings (SSSR count). The van der Waals surface area contributed by atoms with Crippen molar-refractivity contribution in [3.05, 3.63) is 64.9 Å². The van der Waals surface area contributed by atoms with Crippen LogP contribution in [0.4, 0.5) is 13.2 Å². The minimum absolute atomic E-state index is 0.314. The maximum Gasteiger partial charge on any atom is 0.416 e. The number of hydrogen-bond donors (Lipinski definition) is 3. The third-order valence-corrected chi connectivity index (χ3v) is 5.10. The molecule has 0 aliphatic rings. The van der Waals surface area contributed by atoms with E-state index in [1.165, 1.54) is 6.07 Å². The van der Waals surface area contributed by atoms with E-state index in [0.717, 1.165) is 17.7 Å². The molecule has 1 atom stereocenters. The molecule has 3 N–H and O–H groups in total. The van der Waals surface area contributed by atoms with Crippen molar-refractivity contribution in [1.29, 1.82) is 0 Å². The van der Waals surface area contributed by atoms with Gasteiger partial charge in [-0.05, 0) is 38.5 Å². The van der Waals surface area contributed by atoms with Crippen LogP contribution in [0.1, 0.15) is 46.0 Å². The number of nitrogens with zero attached hydrogens (tertiary/aromatic N) is 1. The molecule has 3 aromatic heterocycles. The van der Waals surface area contributed by atoms with Crippen LogP contribution in [0.2, 0.25) is 0 Å². The quantitative estimate of drug-likeness (QED) is 0.423. The van der Waals surface area contributed by atoms with E-state index in [9.17, 15) is 18.0 Å². The summed E-state index contributed by atoms with van der Waals surface area (Å²) in [6, 6.07) is 4.96. The Bertz CT molecular complexity index is 1230. The van der Waals surface area contributed by atoms with Crippen LogP contribution in [-0.4, -0.2) is 21.0 Å². The van der Waals surface area contributed by atoms with Crippen LogP contribution in [-0.2, 0) is 6.18 Å². The molecule has 6 nitrogen and oxygen atoms in total. The Morgan fingerprint density at radius 2 is 1.87 bits per heavy atom. The third kappa shape index (κ3) is 3.47. The number of fused-ring (bicyclic) bond motifs is 1. The molecule has 0 saturated heterocycles. The third-order valence-electron chi connectivity index (χ3n) is 5.10. The maximum atomic E-state index is 13.0. The van der Waals surface area contributed by atoms with Gasteiger partial charge >= 0.3 is 6.18 Å². The molecule has 0 aliphatic heterocycles. The highest BCUT2D eigenvalue weighted by atomic mass is 19.4. The summed E-state index contributed by atoms with van der Waals surface area (Å²) in [4.78, 5) is 18.6. The first-order valence-electron chi connectivity index (χ1n) is 9.26. The van der Waals surface area contributed by atoms with Crippen molar-refractivity contribution in [2.45, 2.75) is 33.0 Å². The predicted octanol–water partition coefficient (Wildman–Crippen LogP) is 5.28. The lowest BCUT2D eigenvalue weighted by Crippen LogP contribution is -2.27. The van der Waals surface area contributed by atoms with E-state index in [-0.39, 0.29) is 11.9 Å². The molecule has 0 unspecified atom stereocenters. The van der Waals surface area contributed by atoms with Gasteiger partial charge in [-0.1, -0.05) is 11.2 Å². The topological polar surface area (TPSA) is 86.7 Å². The first kappa shape index (κ1) is 19.8. The first-order chi connectivity index (χ1) is 14.1. The minimum atomic E-state index is -4.41. The molecular formula is C21H19F3N4O2. The van der Waals surface area contributed by atoms with Crippen molar-refractivity contribution in [2.75, 3.05) is 0 Å². The van der Waals surface area contributed by atoms with Gasteiger partial charge in [0.05, 0.1) is 11.6 Å². The summed E-state index contributed by atoms with van der Waals surface area (Å²) in [6.07, 6.45) is -1.09. The number of H-pyrrole nitrogens is 2. The zero-order valence-electron chi connectivity index (χ0n) is 16.4. The van der Waals surface area contributed by atoms with Gasteiger partial charge in [-0.25, -0.2) is 0 Å². The van der Waals surface area contributed by atoms with Crippen LogP contribution in [0.15, 0.2) is 41.2 Å². The highest BCUT2D eigenvalue weighted by molar-refractivity contribution is 6.00. The van der Waals surface area contributed by atoms with Gasteiger partial charge < -0.3 is 19.8 Å². The Labute approximate surface area is 169 Å². The summed E-state index contributed by atoms with van der Waals surface area (Å²) in [5.41, 5.74) is 2.79. The van der Waals surface area contributed by atoms with Crippen LogP contribution in [0.25, 0.3) is 22.0 Å². The summed E-state index contributed by atoms with van der Waals surface area (Å²) >= 11 is 0. The summed E-state index contributed by atoms with van der Waals surface area (Å²) in [6.45, 7) is 5.35. The van der Waals surface area contributed by atoms with E-state index < -0.39 is 11.7 Å². The van der Waals surface area contributed by atoms with Crippen molar-refractivity contribution >= 4 is 16.8 Å². The largest absolute Gasteiger partial charge is 0.416 e. The normalized spacial score (nSPS) is 13.0. The van der Waals surface area contributed by atoms with E-state index >= 15 is 0 Å². The number of nitrogens with one attached hydrogen (secondary N) is 3. The Kier molecular flexibility index (Phi) is 4.68. The molecule has 1 aromatic carbocycles. The Hall–Kier alpha value is -3.49. The van der Waals surface area contributed by atoms with E-state index in [1.54, 1.807) is 39.2 Å². The van der Waals surface area contributed by atoms with Gasteiger partial charge in [0.15, 0.2) is 0 Å². The van der Waals surface area contributed by atoms with Gasteiger partial charge in [-0.2, -0.15) is 13.2 Å². The summed E-state index contributed by atoms with van der Waals surface area (Å²) in [5, 5.41) is 7.41. The van der Waals surface area contributed by atoms with Gasteiger partial charge in [0.1, 0.15) is 17.1 Å². The number of alkyl halides is 3. The lowest BCUT2D eigenvalue weighted by molar-refractivity contribution is -0.137. The average molecular weight is 416 g/mol. The molecule has 0 bridgehead atoms. The molecule has 0 spiro atoms. The molecule has 9 heteroatoms. The van der Waals surface area contributed by atoms with Crippen LogP contribution in [0.3, 0.4) is 0 Å². The second-order valence-electron chi connectivity index (χ2n) is 7.22. The Morgan fingerprint density at radius 3 is 2.53 bits per heavy atom. The summed E-state index contributed by atoms with van der Waals surface area (Å²) in [5.74, 6) is 0.337. The number of carbonyl (C=O) groups excluding carboxylic acids is 1. The molecule has 4 aromatic rings. The average Bonchev–Trinajstić information content (AvgIpc) is 3.38. The van der Waals surface area contributed by atoms with Crippen LogP contribution < -0.4 is 5.32 Å². The molecule has 0 fully saturated rings. The smallest absolute Gasteiger partial charge is 0.361 e. The number of aromatic amines is 2. The number of amides is 1. The summed E-state index contributed by atoms with van der Waals surface area (Å²) in [7, 11) is 0. The highest BCUT2D eigenvalue weighted by Crippen LogP contribution is 2.36. The Balaban J connectivity index is 1.62. The first-order valence-corrected chi connectivity index (χ1v) is 9.26. The number of aryl methyl sites for hydroxylation is 1. The number of hydrogen-bond acceptors (Lipinski definition) is 3. The number of aromatic nitrogens is 3. The zero-order valence-corrected chi connectivity index (χ0v) is 16.4. The maximum absolute atomic E-state index is 13.0. The number of rotatable bonds is 4. The summed E-state index contributed by atoms with van der Waals surface area (Å²) < 4.78 is 43.9. The fraction of sp³-hybridized carbons (Fsp3) is 0.238. The second-order valence-corrected chi connectivity index (χ2v) is 7.22. The van der Waals surface area contributed by atoms with Gasteiger partial charge in [-0.15, -0.1) is 0 Å². The van der Waals surface area contributed by atoms with E-state index in [2.05, 4.69) is 20.4 Å². The zero-order chi connectivity index (χ0) is 21.6. The van der Waals surface area contributed by atoms with E-state index in [4.69, 9.17) is 4.52 Å². The molecule has 0 radical (unpaired) electrons. The van der Waals surface area contributed by atoms with Crippen molar-refractivity contribution in [3.8, 4) is 11.1 Å². The van der Waals surface area contributed by atoms with E-state index in [0.29, 0.717) is 39.2 Å².